The maximum Gasteiger partial charge on any atom is 0.0599 e. The van der Waals surface area contributed by atoms with Gasteiger partial charge in [-0.15, -0.1) is 0 Å². The Morgan fingerprint density at radius 1 is 0.424 bits per heavy atom. The average Bonchev–Trinajstić information content (AvgIpc) is 2.83. The van der Waals surface area contributed by atoms with Crippen molar-refractivity contribution >= 4 is 0 Å². The van der Waals surface area contributed by atoms with Gasteiger partial charge >= 0.3 is 0 Å². The van der Waals surface area contributed by atoms with Gasteiger partial charge in [-0.25, -0.2) is 0 Å². The highest BCUT2D eigenvalue weighted by Gasteiger charge is 2.17. The summed E-state index contributed by atoms with van der Waals surface area (Å²) in [5.74, 6) is 0. The second-order valence-electron chi connectivity index (χ2n) is 8.82. The molecule has 0 aliphatic rings. The molecule has 0 unspecified atom stereocenters. The van der Waals surface area contributed by atoms with Crippen LogP contribution in [0.15, 0.2) is 115 Å². The molecule has 0 amide bonds. The summed E-state index contributed by atoms with van der Waals surface area (Å²) in [5, 5.41) is 0. The number of rotatable bonds is 6. The zero-order valence-corrected chi connectivity index (χ0v) is 20.5. The van der Waals surface area contributed by atoms with Gasteiger partial charge in [0.05, 0.1) is 12.1 Å². The first-order valence-corrected chi connectivity index (χ1v) is 11.5. The number of aryl methyl sites for hydroxylation is 1. The largest absolute Gasteiger partial charge is 0.299 e. The van der Waals surface area contributed by atoms with Crippen LogP contribution in [0, 0.1) is 6.92 Å². The fourth-order valence-electron chi connectivity index (χ4n) is 4.34. The summed E-state index contributed by atoms with van der Waals surface area (Å²) in [6.45, 7) is 2.18. The summed E-state index contributed by atoms with van der Waals surface area (Å²) in [6, 6.07) is 41.1. The van der Waals surface area contributed by atoms with Crippen molar-refractivity contribution in [1.82, 2.24) is 9.80 Å². The van der Waals surface area contributed by atoms with E-state index in [0.29, 0.717) is 12.1 Å². The fraction of sp³-hybridized carbons (Fsp3) is 0.226. The van der Waals surface area contributed by atoms with Gasteiger partial charge in [0.25, 0.3) is 0 Å². The Labute approximate surface area is 200 Å². The normalized spacial score (nSPS) is 11.9. The molecule has 0 spiro atoms. The highest BCUT2D eigenvalue weighted by molar-refractivity contribution is 5.36. The molecule has 0 saturated heterocycles. The Morgan fingerprint density at radius 3 is 1.12 bits per heavy atom. The predicted octanol–water partition coefficient (Wildman–Crippen LogP) is 6.98. The van der Waals surface area contributed by atoms with E-state index < -0.39 is 0 Å². The third kappa shape index (κ3) is 6.64. The molecule has 0 aromatic heterocycles. The van der Waals surface area contributed by atoms with Crippen LogP contribution in [0.2, 0.25) is 0 Å². The highest BCUT2D eigenvalue weighted by atomic mass is 15.1. The van der Waals surface area contributed by atoms with Crippen LogP contribution < -0.4 is 0 Å². The smallest absolute Gasteiger partial charge is 0.0599 e. The minimum Gasteiger partial charge on any atom is -0.299 e. The van der Waals surface area contributed by atoms with Crippen LogP contribution in [0.25, 0.3) is 0 Å². The van der Waals surface area contributed by atoms with Gasteiger partial charge in [0.15, 0.2) is 0 Å². The zero-order chi connectivity index (χ0) is 23.6. The van der Waals surface area contributed by atoms with Crippen LogP contribution >= 0.6 is 0 Å². The van der Waals surface area contributed by atoms with Gasteiger partial charge in [0.1, 0.15) is 0 Å². The van der Waals surface area contributed by atoms with Crippen LogP contribution in [0.5, 0.6) is 0 Å². The van der Waals surface area contributed by atoms with Crippen molar-refractivity contribution in [3.63, 3.8) is 0 Å². The van der Waals surface area contributed by atoms with Gasteiger partial charge in [-0.05, 0) is 62.9 Å². The lowest BCUT2D eigenvalue weighted by Gasteiger charge is -2.26. The summed E-state index contributed by atoms with van der Waals surface area (Å²) < 4.78 is 0. The predicted molar refractivity (Wildman–Crippen MR) is 142 cm³/mol. The second kappa shape index (κ2) is 12.2. The molecule has 0 radical (unpaired) electrons. The first-order valence-electron chi connectivity index (χ1n) is 11.5. The maximum atomic E-state index is 2.26. The molecular formula is C31H36N2. The molecule has 2 nitrogen and oxygen atoms in total. The molecule has 33 heavy (non-hydrogen) atoms. The summed E-state index contributed by atoms with van der Waals surface area (Å²) in [6.07, 6.45) is 0. The quantitative estimate of drug-likeness (QED) is 0.321. The van der Waals surface area contributed by atoms with Crippen molar-refractivity contribution < 1.29 is 0 Å². The monoisotopic (exact) mass is 436 g/mol. The standard InChI is InChI=1S/C16H19N.C15H17N/c1-13-9-7-8-12-15(13)16(17(2)3)14-10-5-4-6-11-14;1-16(2)15(13-9-5-3-6-10-13)14-11-7-4-8-12-14/h4-12,16H,1-3H3;3-12,15H,1-2H3/t16-;/m0./s1. The van der Waals surface area contributed by atoms with E-state index in [4.69, 9.17) is 0 Å². The Kier molecular flexibility index (Phi) is 9.00. The summed E-state index contributed by atoms with van der Waals surface area (Å²) in [7, 11) is 8.49. The van der Waals surface area contributed by atoms with Gasteiger partial charge in [-0.3, -0.25) is 9.80 Å². The minimum absolute atomic E-state index is 0.331. The molecule has 0 bridgehead atoms. The molecule has 0 aliphatic heterocycles. The molecule has 4 aromatic carbocycles. The second-order valence-corrected chi connectivity index (χ2v) is 8.82. The molecule has 0 fully saturated rings. The molecule has 0 aliphatic carbocycles. The molecule has 4 rings (SSSR count). The van der Waals surface area contributed by atoms with E-state index in [2.05, 4.69) is 160 Å². The van der Waals surface area contributed by atoms with Gasteiger partial charge in [-0.2, -0.15) is 0 Å². The Morgan fingerprint density at radius 2 is 0.758 bits per heavy atom. The SMILES string of the molecule is CN(C)C(c1ccccc1)c1ccccc1.Cc1ccccc1[C@H](c1ccccc1)N(C)C. The van der Waals surface area contributed by atoms with Gasteiger partial charge < -0.3 is 0 Å². The number of benzene rings is 4. The topological polar surface area (TPSA) is 6.48 Å². The van der Waals surface area contributed by atoms with Gasteiger partial charge in [-0.1, -0.05) is 115 Å². The lowest BCUT2D eigenvalue weighted by molar-refractivity contribution is 0.341. The summed E-state index contributed by atoms with van der Waals surface area (Å²) in [4.78, 5) is 4.50. The van der Waals surface area contributed by atoms with Crippen molar-refractivity contribution in [3.8, 4) is 0 Å². The molecule has 0 N–H and O–H groups in total. The molecular weight excluding hydrogens is 400 g/mol. The molecule has 0 saturated carbocycles. The number of nitrogens with zero attached hydrogens (tertiary/aromatic N) is 2. The third-order valence-corrected chi connectivity index (χ3v) is 5.86. The van der Waals surface area contributed by atoms with Gasteiger partial charge in [0, 0.05) is 0 Å². The van der Waals surface area contributed by atoms with E-state index in [1.54, 1.807) is 0 Å². The minimum atomic E-state index is 0.331. The third-order valence-electron chi connectivity index (χ3n) is 5.86. The molecule has 2 heteroatoms. The van der Waals surface area contributed by atoms with Crippen molar-refractivity contribution in [2.45, 2.75) is 19.0 Å². The van der Waals surface area contributed by atoms with Crippen LogP contribution in [0.1, 0.15) is 39.9 Å². The number of hydrogen-bond donors (Lipinski definition) is 0. The first-order chi connectivity index (χ1) is 16.0. The molecule has 0 heterocycles. The maximum absolute atomic E-state index is 2.26. The van der Waals surface area contributed by atoms with Crippen molar-refractivity contribution in [3.05, 3.63) is 143 Å². The van der Waals surface area contributed by atoms with E-state index in [-0.39, 0.29) is 0 Å². The van der Waals surface area contributed by atoms with Crippen molar-refractivity contribution in [2.75, 3.05) is 28.2 Å². The number of hydrogen-bond acceptors (Lipinski definition) is 2. The van der Waals surface area contributed by atoms with E-state index in [9.17, 15) is 0 Å². The Balaban J connectivity index is 0.000000186. The van der Waals surface area contributed by atoms with Crippen LogP contribution in [0.4, 0.5) is 0 Å². The van der Waals surface area contributed by atoms with E-state index in [1.165, 1.54) is 27.8 Å². The van der Waals surface area contributed by atoms with Crippen LogP contribution in [-0.4, -0.2) is 38.0 Å². The fourth-order valence-corrected chi connectivity index (χ4v) is 4.34. The van der Waals surface area contributed by atoms with Crippen LogP contribution in [0.3, 0.4) is 0 Å². The zero-order valence-electron chi connectivity index (χ0n) is 20.5. The van der Waals surface area contributed by atoms with E-state index in [0.717, 1.165) is 0 Å². The first kappa shape index (κ1) is 24.4. The van der Waals surface area contributed by atoms with Crippen LogP contribution in [-0.2, 0) is 0 Å². The average molecular weight is 437 g/mol. The molecule has 4 aromatic rings. The van der Waals surface area contributed by atoms with Gasteiger partial charge in [0.2, 0.25) is 0 Å². The molecule has 1 atom stereocenters. The van der Waals surface area contributed by atoms with E-state index in [1.807, 2.05) is 0 Å². The molecule has 170 valence electrons. The van der Waals surface area contributed by atoms with Crippen molar-refractivity contribution in [1.29, 1.82) is 0 Å². The lowest BCUT2D eigenvalue weighted by atomic mass is 9.94. The summed E-state index contributed by atoms with van der Waals surface area (Å²) >= 11 is 0. The summed E-state index contributed by atoms with van der Waals surface area (Å²) in [5.41, 5.74) is 6.72. The Hall–Kier alpha value is -3.20. The highest BCUT2D eigenvalue weighted by Crippen LogP contribution is 2.28. The van der Waals surface area contributed by atoms with Crippen molar-refractivity contribution in [2.24, 2.45) is 0 Å². The van der Waals surface area contributed by atoms with E-state index >= 15 is 0 Å². The lowest BCUT2D eigenvalue weighted by Crippen LogP contribution is -2.21. The Bertz CT molecular complexity index is 1030.